The summed E-state index contributed by atoms with van der Waals surface area (Å²) in [5.74, 6) is -1.47. The van der Waals surface area contributed by atoms with Crippen LogP contribution in [0.5, 0.6) is 5.75 Å². The summed E-state index contributed by atoms with van der Waals surface area (Å²) in [5.41, 5.74) is 0.607. The second-order valence-corrected chi connectivity index (χ2v) is 6.68. The predicted molar refractivity (Wildman–Crippen MR) is 107 cm³/mol. The van der Waals surface area contributed by atoms with Gasteiger partial charge in [0.2, 0.25) is 0 Å². The summed E-state index contributed by atoms with van der Waals surface area (Å²) in [6.45, 7) is 1.48. The Hall–Kier alpha value is -3.62. The van der Waals surface area contributed by atoms with Crippen molar-refractivity contribution < 1.29 is 24.4 Å². The predicted octanol–water partition coefficient (Wildman–Crippen LogP) is 3.54. The molecule has 0 aliphatic carbocycles. The fourth-order valence-electron chi connectivity index (χ4n) is 3.35. The lowest BCUT2D eigenvalue weighted by Gasteiger charge is -2.28. The number of carbonyl (C=O) groups excluding carboxylic acids is 1. The maximum atomic E-state index is 12.7. The van der Waals surface area contributed by atoms with Gasteiger partial charge in [-0.25, -0.2) is 4.79 Å². The first-order valence-electron chi connectivity index (χ1n) is 9.17. The summed E-state index contributed by atoms with van der Waals surface area (Å²) in [6, 6.07) is 8.42. The Morgan fingerprint density at radius 2 is 1.79 bits per heavy atom. The molecule has 29 heavy (non-hydrogen) atoms. The van der Waals surface area contributed by atoms with Crippen LogP contribution in [0, 0.1) is 10.1 Å². The number of benzene rings is 2. The normalized spacial score (nSPS) is 13.6. The molecule has 1 heterocycles. The van der Waals surface area contributed by atoms with Gasteiger partial charge in [0, 0.05) is 24.7 Å². The lowest BCUT2D eigenvalue weighted by molar-refractivity contribution is -0.384. The first kappa shape index (κ1) is 20.1. The summed E-state index contributed by atoms with van der Waals surface area (Å²) >= 11 is 0. The summed E-state index contributed by atoms with van der Waals surface area (Å²) in [6.07, 6.45) is 3.04. The fourth-order valence-corrected chi connectivity index (χ4v) is 3.35. The van der Waals surface area contributed by atoms with Crippen LogP contribution in [0.2, 0.25) is 0 Å². The molecular weight excluding hydrogens is 378 g/mol. The van der Waals surface area contributed by atoms with Crippen molar-refractivity contribution >= 4 is 28.9 Å². The number of hydrogen-bond donors (Lipinski definition) is 2. The summed E-state index contributed by atoms with van der Waals surface area (Å²) in [5, 5.41) is 23.3. The third-order valence-electron chi connectivity index (χ3n) is 4.83. The fraction of sp³-hybridized carbons (Fsp3) is 0.300. The van der Waals surface area contributed by atoms with Crippen molar-refractivity contribution in [3.63, 3.8) is 0 Å². The van der Waals surface area contributed by atoms with E-state index in [9.17, 15) is 19.7 Å². The Labute approximate surface area is 167 Å². The number of carbonyl (C=O) groups is 2. The first-order valence-corrected chi connectivity index (χ1v) is 9.17. The minimum Gasteiger partial charge on any atom is -0.495 e. The Bertz CT molecular complexity index is 953. The number of nitrogens with zero attached hydrogens (tertiary/aromatic N) is 2. The maximum absolute atomic E-state index is 12.7. The van der Waals surface area contributed by atoms with E-state index < -0.39 is 16.8 Å². The smallest absolute Gasteiger partial charge is 0.335 e. The molecule has 1 amide bonds. The van der Waals surface area contributed by atoms with Gasteiger partial charge < -0.3 is 20.1 Å². The van der Waals surface area contributed by atoms with Crippen molar-refractivity contribution in [2.75, 3.05) is 30.4 Å². The van der Waals surface area contributed by atoms with Gasteiger partial charge in [0.05, 0.1) is 23.3 Å². The number of anilines is 2. The van der Waals surface area contributed by atoms with E-state index in [2.05, 4.69) is 5.32 Å². The molecule has 0 unspecified atom stereocenters. The Morgan fingerprint density at radius 3 is 2.41 bits per heavy atom. The summed E-state index contributed by atoms with van der Waals surface area (Å²) < 4.78 is 5.15. The minimum absolute atomic E-state index is 0.0208. The molecule has 0 spiro atoms. The van der Waals surface area contributed by atoms with E-state index in [-0.39, 0.29) is 28.3 Å². The number of ether oxygens (including phenoxy) is 1. The van der Waals surface area contributed by atoms with Crippen LogP contribution in [-0.2, 0) is 0 Å². The number of carboxylic acids is 1. The van der Waals surface area contributed by atoms with Gasteiger partial charge in [0.1, 0.15) is 11.4 Å². The molecule has 0 aromatic heterocycles. The zero-order valence-electron chi connectivity index (χ0n) is 15.9. The van der Waals surface area contributed by atoms with Crippen LogP contribution < -0.4 is 15.0 Å². The zero-order chi connectivity index (χ0) is 21.0. The largest absolute Gasteiger partial charge is 0.495 e. The molecule has 1 fully saturated rings. The lowest BCUT2D eigenvalue weighted by atomic mass is 10.1. The van der Waals surface area contributed by atoms with E-state index in [0.29, 0.717) is 5.69 Å². The molecule has 2 N–H and O–H groups in total. The number of aromatic carboxylic acids is 1. The molecular formula is C20H21N3O6. The van der Waals surface area contributed by atoms with Crippen molar-refractivity contribution in [1.82, 2.24) is 0 Å². The average Bonchev–Trinajstić information content (AvgIpc) is 2.73. The van der Waals surface area contributed by atoms with Crippen LogP contribution in [0.4, 0.5) is 17.1 Å². The summed E-state index contributed by atoms with van der Waals surface area (Å²) in [4.78, 5) is 36.9. The van der Waals surface area contributed by atoms with Crippen LogP contribution in [0.25, 0.3) is 0 Å². The summed E-state index contributed by atoms with van der Waals surface area (Å²) in [7, 11) is 1.39. The number of methoxy groups -OCH3 is 1. The Morgan fingerprint density at radius 1 is 1.10 bits per heavy atom. The van der Waals surface area contributed by atoms with Gasteiger partial charge in [-0.05, 0) is 49.6 Å². The molecule has 1 aliphatic rings. The molecule has 9 nitrogen and oxygen atoms in total. The monoisotopic (exact) mass is 399 g/mol. The molecule has 152 valence electrons. The Balaban J connectivity index is 1.90. The number of rotatable bonds is 6. The van der Waals surface area contributed by atoms with E-state index in [1.807, 2.05) is 4.90 Å². The number of amides is 1. The van der Waals surface area contributed by atoms with Crippen molar-refractivity contribution in [3.8, 4) is 5.75 Å². The highest BCUT2D eigenvalue weighted by atomic mass is 16.6. The topological polar surface area (TPSA) is 122 Å². The molecule has 1 saturated heterocycles. The average molecular weight is 399 g/mol. The quantitative estimate of drug-likeness (QED) is 0.563. The minimum atomic E-state index is -1.15. The van der Waals surface area contributed by atoms with E-state index >= 15 is 0 Å². The van der Waals surface area contributed by atoms with Gasteiger partial charge in [-0.1, -0.05) is 0 Å². The van der Waals surface area contributed by atoms with Crippen LogP contribution >= 0.6 is 0 Å². The van der Waals surface area contributed by atoms with Gasteiger partial charge in [0.25, 0.3) is 11.6 Å². The zero-order valence-corrected chi connectivity index (χ0v) is 15.9. The standard InChI is InChI=1S/C20H21N3O6/c1-29-18-8-6-14(20(25)26)11-15(18)21-19(24)13-5-7-16(17(12-13)23(27)28)22-9-3-2-4-10-22/h5-8,11-12H,2-4,9-10H2,1H3,(H,21,24)(H,25,26). The van der Waals surface area contributed by atoms with Gasteiger partial charge in [-0.2, -0.15) is 0 Å². The number of nitrogens with one attached hydrogen (secondary N) is 1. The van der Waals surface area contributed by atoms with E-state index in [4.69, 9.17) is 9.84 Å². The highest BCUT2D eigenvalue weighted by Crippen LogP contribution is 2.32. The van der Waals surface area contributed by atoms with Crippen molar-refractivity contribution in [1.29, 1.82) is 0 Å². The highest BCUT2D eigenvalue weighted by Gasteiger charge is 2.23. The molecule has 2 aromatic rings. The van der Waals surface area contributed by atoms with Crippen LogP contribution in [0.3, 0.4) is 0 Å². The number of nitro benzene ring substituents is 1. The molecule has 0 atom stereocenters. The number of carboxylic acid groups (broad SMARTS) is 1. The van der Waals surface area contributed by atoms with E-state index in [0.717, 1.165) is 32.4 Å². The number of piperidine rings is 1. The third-order valence-corrected chi connectivity index (χ3v) is 4.83. The second kappa shape index (κ2) is 8.59. The van der Waals surface area contributed by atoms with E-state index in [1.54, 1.807) is 6.07 Å². The first-order chi connectivity index (χ1) is 13.9. The molecule has 0 bridgehead atoms. The van der Waals surface area contributed by atoms with Gasteiger partial charge in [-0.3, -0.25) is 14.9 Å². The molecule has 9 heteroatoms. The molecule has 1 aliphatic heterocycles. The van der Waals surface area contributed by atoms with Gasteiger partial charge in [0.15, 0.2) is 0 Å². The SMILES string of the molecule is COc1ccc(C(=O)O)cc1NC(=O)c1ccc(N2CCCCC2)c([N+](=O)[O-])c1. The molecule has 3 rings (SSSR count). The number of hydrogen-bond acceptors (Lipinski definition) is 6. The van der Waals surface area contributed by atoms with E-state index in [1.165, 1.54) is 37.4 Å². The van der Waals surface area contributed by atoms with Gasteiger partial charge in [-0.15, -0.1) is 0 Å². The number of nitro groups is 1. The van der Waals surface area contributed by atoms with Crippen molar-refractivity contribution in [3.05, 3.63) is 57.6 Å². The van der Waals surface area contributed by atoms with Crippen LogP contribution in [-0.4, -0.2) is 42.1 Å². The van der Waals surface area contributed by atoms with Gasteiger partial charge >= 0.3 is 5.97 Å². The maximum Gasteiger partial charge on any atom is 0.335 e. The third kappa shape index (κ3) is 4.45. The second-order valence-electron chi connectivity index (χ2n) is 6.68. The van der Waals surface area contributed by atoms with Crippen LogP contribution in [0.15, 0.2) is 36.4 Å². The van der Waals surface area contributed by atoms with Crippen molar-refractivity contribution in [2.24, 2.45) is 0 Å². The Kier molecular flexibility index (Phi) is 5.96. The molecule has 0 saturated carbocycles. The molecule has 0 radical (unpaired) electrons. The van der Waals surface area contributed by atoms with Crippen LogP contribution in [0.1, 0.15) is 40.0 Å². The van der Waals surface area contributed by atoms with Crippen molar-refractivity contribution in [2.45, 2.75) is 19.3 Å². The highest BCUT2D eigenvalue weighted by molar-refractivity contribution is 6.06. The lowest BCUT2D eigenvalue weighted by Crippen LogP contribution is -2.30. The molecule has 2 aromatic carbocycles.